The van der Waals surface area contributed by atoms with Crippen LogP contribution in [-0.4, -0.2) is 17.1 Å². The SMILES string of the molecule is Cc1ccc(NC(=O)/C(C#N)=C2\SC(Cc3ccc(C)c(Cl)c3)C(=O)N2c2ccccc2)cc1. The highest BCUT2D eigenvalue weighted by Crippen LogP contribution is 2.42. The maximum absolute atomic E-state index is 13.5. The summed E-state index contributed by atoms with van der Waals surface area (Å²) in [7, 11) is 0. The molecule has 7 heteroatoms. The van der Waals surface area contributed by atoms with Crippen molar-refractivity contribution in [1.29, 1.82) is 5.26 Å². The minimum atomic E-state index is -0.554. The van der Waals surface area contributed by atoms with Crippen LogP contribution in [0.3, 0.4) is 0 Å². The lowest BCUT2D eigenvalue weighted by Crippen LogP contribution is -2.30. The molecule has 0 spiro atoms. The van der Waals surface area contributed by atoms with Crippen molar-refractivity contribution in [2.24, 2.45) is 0 Å². The highest BCUT2D eigenvalue weighted by molar-refractivity contribution is 8.05. The van der Waals surface area contributed by atoms with Gasteiger partial charge in [0.25, 0.3) is 5.91 Å². The number of anilines is 2. The molecular formula is C27H22ClN3O2S. The van der Waals surface area contributed by atoms with Crippen LogP contribution in [0.4, 0.5) is 11.4 Å². The summed E-state index contributed by atoms with van der Waals surface area (Å²) in [6, 6.07) is 24.1. The lowest BCUT2D eigenvalue weighted by Gasteiger charge is -2.18. The first-order chi connectivity index (χ1) is 16.4. The van der Waals surface area contributed by atoms with Crippen LogP contribution in [0, 0.1) is 25.2 Å². The maximum atomic E-state index is 13.5. The van der Waals surface area contributed by atoms with Crippen LogP contribution in [0.5, 0.6) is 0 Å². The van der Waals surface area contributed by atoms with Gasteiger partial charge in [0, 0.05) is 16.4 Å². The predicted octanol–water partition coefficient (Wildman–Crippen LogP) is 6.02. The molecule has 3 aromatic carbocycles. The van der Waals surface area contributed by atoms with Gasteiger partial charge in [-0.25, -0.2) is 0 Å². The van der Waals surface area contributed by atoms with Crippen LogP contribution in [0.25, 0.3) is 0 Å². The number of carbonyl (C=O) groups is 2. The van der Waals surface area contributed by atoms with Crippen molar-refractivity contribution >= 4 is 46.6 Å². The smallest absolute Gasteiger partial charge is 0.269 e. The Morgan fingerprint density at radius 1 is 1.09 bits per heavy atom. The van der Waals surface area contributed by atoms with E-state index in [9.17, 15) is 14.9 Å². The first kappa shape index (κ1) is 23.6. The minimum absolute atomic E-state index is 0.104. The first-order valence-electron chi connectivity index (χ1n) is 10.7. The number of rotatable bonds is 5. The molecule has 0 aromatic heterocycles. The third-order valence-electron chi connectivity index (χ3n) is 5.49. The highest BCUT2D eigenvalue weighted by Gasteiger charge is 2.40. The van der Waals surface area contributed by atoms with Gasteiger partial charge in [-0.15, -0.1) is 0 Å². The van der Waals surface area contributed by atoms with E-state index >= 15 is 0 Å². The quantitative estimate of drug-likeness (QED) is 0.352. The number of nitriles is 1. The number of nitrogens with one attached hydrogen (secondary N) is 1. The van der Waals surface area contributed by atoms with Crippen LogP contribution in [0.1, 0.15) is 16.7 Å². The molecule has 1 heterocycles. The average Bonchev–Trinajstić information content (AvgIpc) is 3.14. The Balaban J connectivity index is 1.70. The molecular weight excluding hydrogens is 466 g/mol. The molecule has 0 aliphatic carbocycles. The van der Waals surface area contributed by atoms with E-state index < -0.39 is 11.2 Å². The highest BCUT2D eigenvalue weighted by atomic mass is 35.5. The van der Waals surface area contributed by atoms with Crippen molar-refractivity contribution in [1.82, 2.24) is 0 Å². The molecule has 1 atom stereocenters. The number of hydrogen-bond donors (Lipinski definition) is 1. The zero-order chi connectivity index (χ0) is 24.2. The van der Waals surface area contributed by atoms with E-state index in [1.165, 1.54) is 16.7 Å². The molecule has 0 radical (unpaired) electrons. The van der Waals surface area contributed by atoms with Gasteiger partial charge in [0.2, 0.25) is 5.91 Å². The van der Waals surface area contributed by atoms with E-state index in [0.29, 0.717) is 27.8 Å². The van der Waals surface area contributed by atoms with Gasteiger partial charge in [-0.05, 0) is 61.7 Å². The monoisotopic (exact) mass is 487 g/mol. The van der Waals surface area contributed by atoms with Crippen molar-refractivity contribution in [2.45, 2.75) is 25.5 Å². The van der Waals surface area contributed by atoms with Crippen molar-refractivity contribution in [2.75, 3.05) is 10.2 Å². The van der Waals surface area contributed by atoms with Crippen molar-refractivity contribution in [3.63, 3.8) is 0 Å². The van der Waals surface area contributed by atoms with Crippen molar-refractivity contribution in [3.8, 4) is 6.07 Å². The zero-order valence-corrected chi connectivity index (χ0v) is 20.3. The largest absolute Gasteiger partial charge is 0.321 e. The summed E-state index contributed by atoms with van der Waals surface area (Å²) in [6.07, 6.45) is 0.425. The molecule has 0 bridgehead atoms. The Labute approximate surface area is 208 Å². The van der Waals surface area contributed by atoms with E-state index in [2.05, 4.69) is 5.32 Å². The second-order valence-corrected chi connectivity index (χ2v) is 9.61. The lowest BCUT2D eigenvalue weighted by molar-refractivity contribution is -0.117. The second-order valence-electron chi connectivity index (χ2n) is 8.02. The molecule has 1 fully saturated rings. The van der Waals surface area contributed by atoms with Crippen LogP contribution in [0.2, 0.25) is 5.02 Å². The molecule has 1 N–H and O–H groups in total. The molecule has 34 heavy (non-hydrogen) atoms. The van der Waals surface area contributed by atoms with Crippen molar-refractivity contribution in [3.05, 3.63) is 105 Å². The van der Waals surface area contributed by atoms with Gasteiger partial charge in [0.1, 0.15) is 16.7 Å². The van der Waals surface area contributed by atoms with Gasteiger partial charge in [0.05, 0.1) is 5.25 Å². The molecule has 1 aliphatic rings. The number of carbonyl (C=O) groups excluding carboxylic acids is 2. The molecule has 1 saturated heterocycles. The van der Waals surface area contributed by atoms with Crippen LogP contribution >= 0.6 is 23.4 Å². The number of amides is 2. The van der Waals surface area contributed by atoms with Gasteiger partial charge in [0.15, 0.2) is 0 Å². The lowest BCUT2D eigenvalue weighted by atomic mass is 10.1. The third kappa shape index (κ3) is 5.01. The van der Waals surface area contributed by atoms with Crippen LogP contribution in [0.15, 0.2) is 83.4 Å². The van der Waals surface area contributed by atoms with E-state index in [-0.39, 0.29) is 11.5 Å². The molecule has 3 aromatic rings. The standard InChI is InChI=1S/C27H22ClN3O2S/c1-17-8-12-20(13-9-17)30-25(32)22(16-29)27-31(21-6-4-3-5-7-21)26(33)24(34-27)15-19-11-10-18(2)23(28)14-19/h3-14,24H,15H2,1-2H3,(H,30,32)/b27-22-. The molecule has 0 saturated carbocycles. The van der Waals surface area contributed by atoms with Gasteiger partial charge in [-0.3, -0.25) is 14.5 Å². The number of benzene rings is 3. The second kappa shape index (κ2) is 10.2. The Morgan fingerprint density at radius 2 is 1.79 bits per heavy atom. The Bertz CT molecular complexity index is 1310. The number of halogens is 1. The molecule has 2 amide bonds. The Morgan fingerprint density at radius 3 is 2.44 bits per heavy atom. The predicted molar refractivity (Wildman–Crippen MR) is 138 cm³/mol. The Hall–Kier alpha value is -3.53. The summed E-state index contributed by atoms with van der Waals surface area (Å²) in [5.41, 5.74) is 4.02. The Kier molecular flexibility index (Phi) is 7.06. The fraction of sp³-hybridized carbons (Fsp3) is 0.148. The molecule has 4 rings (SSSR count). The number of para-hydroxylation sites is 1. The van der Waals surface area contributed by atoms with Crippen LogP contribution < -0.4 is 10.2 Å². The fourth-order valence-corrected chi connectivity index (χ4v) is 5.12. The van der Waals surface area contributed by atoms with Gasteiger partial charge < -0.3 is 5.32 Å². The van der Waals surface area contributed by atoms with E-state index in [0.717, 1.165) is 16.7 Å². The van der Waals surface area contributed by atoms with Gasteiger partial charge in [-0.1, -0.05) is 71.4 Å². The third-order valence-corrected chi connectivity index (χ3v) is 7.16. The molecule has 170 valence electrons. The van der Waals surface area contributed by atoms with E-state index in [4.69, 9.17) is 11.6 Å². The molecule has 5 nitrogen and oxygen atoms in total. The zero-order valence-electron chi connectivity index (χ0n) is 18.7. The first-order valence-corrected chi connectivity index (χ1v) is 12.0. The topological polar surface area (TPSA) is 73.2 Å². The van der Waals surface area contributed by atoms with Crippen molar-refractivity contribution < 1.29 is 9.59 Å². The summed E-state index contributed by atoms with van der Waals surface area (Å²) >= 11 is 7.51. The number of thioether (sulfide) groups is 1. The van der Waals surface area contributed by atoms with Gasteiger partial charge >= 0.3 is 0 Å². The van der Waals surface area contributed by atoms with E-state index in [1.54, 1.807) is 24.3 Å². The fourth-order valence-electron chi connectivity index (χ4n) is 3.61. The number of aryl methyl sites for hydroxylation is 2. The summed E-state index contributed by atoms with van der Waals surface area (Å²) in [5, 5.41) is 13.2. The van der Waals surface area contributed by atoms with E-state index in [1.807, 2.05) is 68.4 Å². The number of hydrogen-bond acceptors (Lipinski definition) is 4. The molecule has 1 unspecified atom stereocenters. The molecule has 1 aliphatic heterocycles. The summed E-state index contributed by atoms with van der Waals surface area (Å²) < 4.78 is 0. The minimum Gasteiger partial charge on any atom is -0.321 e. The number of nitrogens with zero attached hydrogens (tertiary/aromatic N) is 2. The normalized spacial score (nSPS) is 16.8. The average molecular weight is 488 g/mol. The summed E-state index contributed by atoms with van der Waals surface area (Å²) in [6.45, 7) is 3.87. The summed E-state index contributed by atoms with van der Waals surface area (Å²) in [4.78, 5) is 28.1. The summed E-state index contributed by atoms with van der Waals surface area (Å²) in [5.74, 6) is -0.736. The van der Waals surface area contributed by atoms with Gasteiger partial charge in [-0.2, -0.15) is 5.26 Å². The van der Waals surface area contributed by atoms with Crippen LogP contribution in [-0.2, 0) is 16.0 Å². The maximum Gasteiger partial charge on any atom is 0.269 e.